The van der Waals surface area contributed by atoms with E-state index in [1.165, 1.54) is 4.90 Å². The number of fused-ring (bicyclic) bond motifs is 1. The predicted molar refractivity (Wildman–Crippen MR) is 159 cm³/mol. The fourth-order valence-electron chi connectivity index (χ4n) is 6.41. The van der Waals surface area contributed by atoms with Gasteiger partial charge in [-0.1, -0.05) is 37.1 Å². The molecule has 2 amide bonds. The van der Waals surface area contributed by atoms with Crippen LogP contribution in [0.2, 0.25) is 0 Å². The molecule has 4 rings (SSSR count). The molecule has 2 fully saturated rings. The van der Waals surface area contributed by atoms with Gasteiger partial charge in [0.25, 0.3) is 11.6 Å². The number of amides is 2. The molecule has 40 heavy (non-hydrogen) atoms. The van der Waals surface area contributed by atoms with Crippen molar-refractivity contribution in [1.82, 2.24) is 10.6 Å². The Morgan fingerprint density at radius 2 is 1.73 bits per heavy atom. The Morgan fingerprint density at radius 1 is 1.02 bits per heavy atom. The number of hydrogen-bond acceptors (Lipinski definition) is 5. The third-order valence-electron chi connectivity index (χ3n) is 8.54. The minimum Gasteiger partial charge on any atom is -0.508 e. The largest absolute Gasteiger partial charge is 0.508 e. The van der Waals surface area contributed by atoms with E-state index in [9.17, 15) is 19.9 Å². The normalized spacial score (nSPS) is 26.5. The third-order valence-corrected chi connectivity index (χ3v) is 9.64. The van der Waals surface area contributed by atoms with E-state index in [2.05, 4.69) is 22.8 Å². The highest BCUT2D eigenvalue weighted by Gasteiger charge is 2.64. The number of hydroxylamine groups is 3. The van der Waals surface area contributed by atoms with Gasteiger partial charge in [-0.15, -0.1) is 11.8 Å². The summed E-state index contributed by atoms with van der Waals surface area (Å²) in [6.45, 7) is 8.25. The molecule has 0 bridgehead atoms. The summed E-state index contributed by atoms with van der Waals surface area (Å²) in [5.74, 6) is 0.688. The van der Waals surface area contributed by atoms with Crippen molar-refractivity contribution in [3.63, 3.8) is 0 Å². The summed E-state index contributed by atoms with van der Waals surface area (Å²) in [5.41, 5.74) is -1.32. The molecule has 2 aliphatic rings. The molecular formula is C32H46N3O4S+. The SMILES string of the molecule is Cc1c(O)cccc1C(=O)NC1(C(=O)NC(C)(C)C)CC2CCCCC2C[N+]1(O)CCCCSc1ccccc1. The van der Waals surface area contributed by atoms with E-state index in [1.807, 2.05) is 39.0 Å². The van der Waals surface area contributed by atoms with Crippen LogP contribution in [0.5, 0.6) is 5.75 Å². The van der Waals surface area contributed by atoms with Crippen molar-refractivity contribution in [2.75, 3.05) is 18.8 Å². The first-order chi connectivity index (χ1) is 18.9. The van der Waals surface area contributed by atoms with Crippen LogP contribution in [-0.4, -0.2) is 56.8 Å². The Balaban J connectivity index is 1.64. The van der Waals surface area contributed by atoms with Crippen molar-refractivity contribution in [1.29, 1.82) is 0 Å². The standard InChI is InChI=1S/C32H45N3O4S/c1-23-27(17-12-18-28(23)36)29(37)33-32(30(38)34-31(2,3)4)21-24-13-8-9-14-25(24)22-35(32,39)19-10-11-20-40-26-15-6-5-7-16-26/h5-7,12,15-18,24-25,39H,8-11,13-14,19-22H2,1-4H3,(H2-,33,34,36,37,38)/p+1. The summed E-state index contributed by atoms with van der Waals surface area (Å²) in [5, 5.41) is 29.0. The molecule has 8 heteroatoms. The minimum atomic E-state index is -1.53. The fraction of sp³-hybridized carbons (Fsp3) is 0.562. The Bertz CT molecular complexity index is 1180. The van der Waals surface area contributed by atoms with E-state index < -0.39 is 21.8 Å². The van der Waals surface area contributed by atoms with Gasteiger partial charge in [-0.05, 0) is 82.9 Å². The number of carbonyl (C=O) groups excluding carboxylic acids is 2. The average molecular weight is 569 g/mol. The van der Waals surface area contributed by atoms with Crippen molar-refractivity contribution in [2.45, 2.75) is 88.7 Å². The van der Waals surface area contributed by atoms with Gasteiger partial charge in [-0.3, -0.25) is 14.9 Å². The summed E-state index contributed by atoms with van der Waals surface area (Å²) in [6, 6.07) is 15.1. The van der Waals surface area contributed by atoms with Gasteiger partial charge in [-0.25, -0.2) is 5.21 Å². The summed E-state index contributed by atoms with van der Waals surface area (Å²) >= 11 is 1.79. The van der Waals surface area contributed by atoms with Crippen LogP contribution in [-0.2, 0) is 4.79 Å². The number of benzene rings is 2. The van der Waals surface area contributed by atoms with Gasteiger partial charge < -0.3 is 10.4 Å². The lowest BCUT2D eigenvalue weighted by Gasteiger charge is -2.54. The van der Waals surface area contributed by atoms with Crippen molar-refractivity contribution in [3.05, 3.63) is 59.7 Å². The van der Waals surface area contributed by atoms with Gasteiger partial charge in [0.1, 0.15) is 18.8 Å². The summed E-state index contributed by atoms with van der Waals surface area (Å²) in [4.78, 5) is 29.3. The number of quaternary nitrogens is 1. The molecule has 0 spiro atoms. The van der Waals surface area contributed by atoms with Crippen molar-refractivity contribution >= 4 is 23.6 Å². The molecule has 0 aromatic heterocycles. The Morgan fingerprint density at radius 3 is 2.42 bits per heavy atom. The van der Waals surface area contributed by atoms with Crippen LogP contribution in [0.1, 0.15) is 81.6 Å². The zero-order chi connectivity index (χ0) is 29.0. The Kier molecular flexibility index (Phi) is 9.53. The van der Waals surface area contributed by atoms with Gasteiger partial charge in [-0.2, -0.15) is 4.65 Å². The number of carbonyl (C=O) groups is 2. The van der Waals surface area contributed by atoms with E-state index in [-0.39, 0.29) is 17.6 Å². The second kappa shape index (κ2) is 12.5. The number of nitrogens with one attached hydrogen (secondary N) is 2. The molecule has 1 saturated carbocycles. The summed E-state index contributed by atoms with van der Waals surface area (Å²) in [6.07, 6.45) is 6.24. The first-order valence-corrected chi connectivity index (χ1v) is 15.6. The van der Waals surface area contributed by atoms with Crippen LogP contribution in [0, 0.1) is 18.8 Å². The Labute approximate surface area is 243 Å². The monoisotopic (exact) mass is 568 g/mol. The number of phenolic OH excluding ortho intramolecular Hbond substituents is 1. The molecule has 1 aliphatic heterocycles. The lowest BCUT2D eigenvalue weighted by atomic mass is 9.70. The molecule has 1 heterocycles. The second-order valence-corrected chi connectivity index (χ2v) is 13.8. The predicted octanol–water partition coefficient (Wildman–Crippen LogP) is 6.03. The number of rotatable bonds is 9. The van der Waals surface area contributed by atoms with E-state index in [0.29, 0.717) is 36.6 Å². The number of hydrogen-bond donors (Lipinski definition) is 4. The van der Waals surface area contributed by atoms with Gasteiger partial charge in [0.15, 0.2) is 0 Å². The van der Waals surface area contributed by atoms with Crippen LogP contribution in [0.15, 0.2) is 53.4 Å². The molecule has 1 saturated heterocycles. The van der Waals surface area contributed by atoms with E-state index in [4.69, 9.17) is 0 Å². The smallest absolute Gasteiger partial charge is 0.307 e. The van der Waals surface area contributed by atoms with Crippen molar-refractivity contribution in [2.24, 2.45) is 11.8 Å². The maximum atomic E-state index is 14.3. The van der Waals surface area contributed by atoms with Crippen LogP contribution in [0.4, 0.5) is 0 Å². The highest BCUT2D eigenvalue weighted by Crippen LogP contribution is 2.46. The topological polar surface area (TPSA) is 98.7 Å². The van der Waals surface area contributed by atoms with E-state index in [0.717, 1.165) is 44.3 Å². The van der Waals surface area contributed by atoms with E-state index >= 15 is 0 Å². The van der Waals surface area contributed by atoms with Crippen LogP contribution < -0.4 is 10.6 Å². The molecular weight excluding hydrogens is 522 g/mol. The second-order valence-electron chi connectivity index (χ2n) is 12.7. The number of nitrogens with zero attached hydrogens (tertiary/aromatic N) is 1. The number of unbranched alkanes of at least 4 members (excludes halogenated alkanes) is 1. The first kappa shape index (κ1) is 30.4. The molecule has 0 radical (unpaired) electrons. The molecule has 4 unspecified atom stereocenters. The highest BCUT2D eigenvalue weighted by atomic mass is 32.2. The maximum absolute atomic E-state index is 14.3. The molecule has 7 nitrogen and oxygen atoms in total. The van der Waals surface area contributed by atoms with Crippen LogP contribution >= 0.6 is 11.8 Å². The van der Waals surface area contributed by atoms with Gasteiger partial charge in [0.05, 0.1) is 0 Å². The quantitative estimate of drug-likeness (QED) is 0.168. The lowest BCUT2D eigenvalue weighted by molar-refractivity contribution is -1.14. The number of thioether (sulfide) groups is 1. The molecule has 4 N–H and O–H groups in total. The zero-order valence-electron chi connectivity index (χ0n) is 24.4. The van der Waals surface area contributed by atoms with Gasteiger partial charge in [0, 0.05) is 40.3 Å². The molecule has 2 aromatic rings. The Hall–Kier alpha value is -2.55. The number of phenols is 1. The third kappa shape index (κ3) is 6.84. The van der Waals surface area contributed by atoms with E-state index in [1.54, 1.807) is 36.9 Å². The number of piperidine rings is 1. The minimum absolute atomic E-state index is 0.0255. The highest BCUT2D eigenvalue weighted by molar-refractivity contribution is 7.99. The maximum Gasteiger partial charge on any atom is 0.307 e. The molecule has 218 valence electrons. The molecule has 4 atom stereocenters. The number of likely N-dealkylation sites (tertiary alicyclic amines) is 1. The average Bonchev–Trinajstić information content (AvgIpc) is 2.90. The van der Waals surface area contributed by atoms with Crippen LogP contribution in [0.3, 0.4) is 0 Å². The van der Waals surface area contributed by atoms with Crippen molar-refractivity contribution < 1.29 is 24.5 Å². The summed E-state index contributed by atoms with van der Waals surface area (Å²) < 4.78 is -0.504. The van der Waals surface area contributed by atoms with Gasteiger partial charge >= 0.3 is 5.91 Å². The first-order valence-electron chi connectivity index (χ1n) is 14.7. The fourth-order valence-corrected chi connectivity index (χ4v) is 7.35. The van der Waals surface area contributed by atoms with Gasteiger partial charge in [0.2, 0.25) is 0 Å². The number of aromatic hydroxyl groups is 1. The summed E-state index contributed by atoms with van der Waals surface area (Å²) in [7, 11) is 0. The lowest BCUT2D eigenvalue weighted by Crippen LogP contribution is -2.81. The zero-order valence-corrected chi connectivity index (χ0v) is 25.2. The van der Waals surface area contributed by atoms with Crippen molar-refractivity contribution in [3.8, 4) is 5.75 Å². The molecule has 1 aliphatic carbocycles. The van der Waals surface area contributed by atoms with Crippen LogP contribution in [0.25, 0.3) is 0 Å². The molecule has 2 aromatic carbocycles.